The van der Waals surface area contributed by atoms with Crippen LogP contribution in [0.25, 0.3) is 0 Å². The number of hydrogen-bond donors (Lipinski definition) is 0. The van der Waals surface area contributed by atoms with E-state index in [1.165, 1.54) is 71.2 Å². The van der Waals surface area contributed by atoms with Gasteiger partial charge in [0.25, 0.3) is 0 Å². The zero-order valence-electron chi connectivity index (χ0n) is 17.6. The lowest BCUT2D eigenvalue weighted by molar-refractivity contribution is -0.0214. The summed E-state index contributed by atoms with van der Waals surface area (Å²) in [5, 5.41) is 0. The van der Waals surface area contributed by atoms with Gasteiger partial charge in [-0.15, -0.1) is 0 Å². The predicted molar refractivity (Wildman–Crippen MR) is 106 cm³/mol. The van der Waals surface area contributed by atoms with Crippen LogP contribution in [0.3, 0.4) is 0 Å². The summed E-state index contributed by atoms with van der Waals surface area (Å²) >= 11 is 0. The van der Waals surface area contributed by atoms with E-state index in [0.29, 0.717) is 16.4 Å². The average molecular weight is 338 g/mol. The first-order chi connectivity index (χ1) is 11.0. The molecule has 0 N–H and O–H groups in total. The third kappa shape index (κ3) is 5.44. The highest BCUT2D eigenvalue weighted by molar-refractivity contribution is 4.96. The van der Waals surface area contributed by atoms with Gasteiger partial charge in [-0.25, -0.2) is 0 Å². The maximum absolute atomic E-state index is 2.84. The topological polar surface area (TPSA) is 9.72 Å². The van der Waals surface area contributed by atoms with Gasteiger partial charge in [-0.3, -0.25) is 4.90 Å². The minimum Gasteiger partial charge on any atom is -0.309 e. The largest absolute Gasteiger partial charge is 0.309 e. The van der Waals surface area contributed by atoms with Crippen molar-refractivity contribution < 1.29 is 0 Å². The Morgan fingerprint density at radius 1 is 0.917 bits per heavy atom. The molecule has 24 heavy (non-hydrogen) atoms. The van der Waals surface area contributed by atoms with Crippen LogP contribution in [0.5, 0.6) is 0 Å². The van der Waals surface area contributed by atoms with Crippen LogP contribution in [0, 0.1) is 10.8 Å². The molecule has 2 aliphatic rings. The lowest BCUT2D eigenvalue weighted by atomic mass is 9.71. The van der Waals surface area contributed by atoms with Crippen molar-refractivity contribution in [3.63, 3.8) is 0 Å². The van der Waals surface area contributed by atoms with Crippen LogP contribution >= 0.6 is 0 Å². The fourth-order valence-corrected chi connectivity index (χ4v) is 4.96. The van der Waals surface area contributed by atoms with Crippen molar-refractivity contribution in [3.8, 4) is 0 Å². The van der Waals surface area contributed by atoms with Gasteiger partial charge in [-0.05, 0) is 104 Å². The first-order valence-corrected chi connectivity index (χ1v) is 10.1. The Morgan fingerprint density at radius 3 is 2.12 bits per heavy atom. The van der Waals surface area contributed by atoms with E-state index in [9.17, 15) is 0 Å². The standard InChI is InChI=1S/C21H43N3/c1-19(2,17-22(5)6)10-11-20(3,4)24-14-8-9-21(18-24)12-15-23(7)16-13-21/h8-18H2,1-7H3. The zero-order valence-corrected chi connectivity index (χ0v) is 17.6. The summed E-state index contributed by atoms with van der Waals surface area (Å²) in [6, 6.07) is 0. The Kier molecular flexibility index (Phi) is 6.42. The first-order valence-electron chi connectivity index (χ1n) is 10.1. The van der Waals surface area contributed by atoms with E-state index in [2.05, 4.69) is 63.5 Å². The van der Waals surface area contributed by atoms with E-state index in [4.69, 9.17) is 0 Å². The smallest absolute Gasteiger partial charge is 0.0153 e. The van der Waals surface area contributed by atoms with Crippen molar-refractivity contribution in [1.82, 2.24) is 14.7 Å². The van der Waals surface area contributed by atoms with Crippen molar-refractivity contribution >= 4 is 0 Å². The van der Waals surface area contributed by atoms with E-state index in [0.717, 1.165) is 0 Å². The maximum Gasteiger partial charge on any atom is 0.0153 e. The first kappa shape index (κ1) is 20.2. The van der Waals surface area contributed by atoms with Gasteiger partial charge in [-0.2, -0.15) is 0 Å². The summed E-state index contributed by atoms with van der Waals surface area (Å²) in [4.78, 5) is 7.69. The van der Waals surface area contributed by atoms with Crippen LogP contribution in [0.2, 0.25) is 0 Å². The molecule has 142 valence electrons. The van der Waals surface area contributed by atoms with Gasteiger partial charge in [0, 0.05) is 18.6 Å². The van der Waals surface area contributed by atoms with E-state index in [1.54, 1.807) is 0 Å². The number of rotatable bonds is 6. The minimum atomic E-state index is 0.334. The van der Waals surface area contributed by atoms with E-state index in [1.807, 2.05) is 0 Å². The van der Waals surface area contributed by atoms with Gasteiger partial charge in [-0.1, -0.05) is 13.8 Å². The summed E-state index contributed by atoms with van der Waals surface area (Å²) in [6.07, 6.45) is 8.28. The fraction of sp³-hybridized carbons (Fsp3) is 1.00. The molecule has 0 aliphatic carbocycles. The monoisotopic (exact) mass is 337 g/mol. The summed E-state index contributed by atoms with van der Waals surface area (Å²) in [7, 11) is 6.67. The third-order valence-corrected chi connectivity index (χ3v) is 6.72. The molecule has 3 nitrogen and oxygen atoms in total. The quantitative estimate of drug-likeness (QED) is 0.727. The van der Waals surface area contributed by atoms with Crippen molar-refractivity contribution in [2.24, 2.45) is 10.8 Å². The second-order valence-corrected chi connectivity index (χ2v) is 10.5. The van der Waals surface area contributed by atoms with Gasteiger partial charge in [0.05, 0.1) is 0 Å². The van der Waals surface area contributed by atoms with Crippen LogP contribution in [0.1, 0.15) is 66.2 Å². The second kappa shape index (κ2) is 7.63. The number of nitrogens with zero attached hydrogens (tertiary/aromatic N) is 3. The molecule has 3 heteroatoms. The number of hydrogen-bond acceptors (Lipinski definition) is 3. The highest BCUT2D eigenvalue weighted by Gasteiger charge is 2.41. The van der Waals surface area contributed by atoms with Crippen LogP contribution in [0.15, 0.2) is 0 Å². The van der Waals surface area contributed by atoms with Crippen molar-refractivity contribution in [2.75, 3.05) is 53.9 Å². The van der Waals surface area contributed by atoms with Crippen LogP contribution in [0.4, 0.5) is 0 Å². The molecule has 0 aromatic rings. The molecule has 0 aromatic carbocycles. The summed E-state index contributed by atoms with van der Waals surface area (Å²) in [6.45, 7) is 16.3. The molecule has 2 fully saturated rings. The minimum absolute atomic E-state index is 0.334. The van der Waals surface area contributed by atoms with Crippen LogP contribution < -0.4 is 0 Å². The van der Waals surface area contributed by atoms with Gasteiger partial charge in [0.2, 0.25) is 0 Å². The Balaban J connectivity index is 1.93. The van der Waals surface area contributed by atoms with Gasteiger partial charge in [0.1, 0.15) is 0 Å². The van der Waals surface area contributed by atoms with Crippen LogP contribution in [-0.4, -0.2) is 74.1 Å². The molecular weight excluding hydrogens is 294 g/mol. The lowest BCUT2D eigenvalue weighted by Crippen LogP contribution is -2.55. The SMILES string of the molecule is CN(C)CC(C)(C)CCC(C)(C)N1CCCC2(CCN(C)CC2)C1. The van der Waals surface area contributed by atoms with Crippen molar-refractivity contribution in [1.29, 1.82) is 0 Å². The zero-order chi connectivity index (χ0) is 18.0. The Bertz CT molecular complexity index is 392. The molecule has 0 atom stereocenters. The fourth-order valence-electron chi connectivity index (χ4n) is 4.96. The second-order valence-electron chi connectivity index (χ2n) is 10.5. The number of piperidine rings is 2. The van der Waals surface area contributed by atoms with E-state index < -0.39 is 0 Å². The molecule has 0 unspecified atom stereocenters. The molecule has 1 spiro atoms. The Morgan fingerprint density at radius 2 is 1.54 bits per heavy atom. The molecule has 2 aliphatic heterocycles. The average Bonchev–Trinajstić information content (AvgIpc) is 2.48. The molecule has 2 rings (SSSR count). The summed E-state index contributed by atoms with van der Waals surface area (Å²) in [5.74, 6) is 0. The molecule has 0 radical (unpaired) electrons. The highest BCUT2D eigenvalue weighted by Crippen LogP contribution is 2.42. The molecular formula is C21H43N3. The molecule has 0 bridgehead atoms. The molecule has 0 saturated carbocycles. The third-order valence-electron chi connectivity index (χ3n) is 6.72. The van der Waals surface area contributed by atoms with Gasteiger partial charge < -0.3 is 9.80 Å². The van der Waals surface area contributed by atoms with E-state index >= 15 is 0 Å². The summed E-state index contributed by atoms with van der Waals surface area (Å²) in [5.41, 5.74) is 1.35. The molecule has 0 aromatic heterocycles. The normalized spacial score (nSPS) is 24.0. The van der Waals surface area contributed by atoms with Crippen LogP contribution in [-0.2, 0) is 0 Å². The summed E-state index contributed by atoms with van der Waals surface area (Å²) < 4.78 is 0. The number of likely N-dealkylation sites (tertiary alicyclic amines) is 2. The van der Waals surface area contributed by atoms with Crippen molar-refractivity contribution in [3.05, 3.63) is 0 Å². The predicted octanol–water partition coefficient (Wildman–Crippen LogP) is 3.94. The van der Waals surface area contributed by atoms with Gasteiger partial charge in [0.15, 0.2) is 0 Å². The maximum atomic E-state index is 2.84. The molecule has 2 saturated heterocycles. The highest BCUT2D eigenvalue weighted by atomic mass is 15.2. The van der Waals surface area contributed by atoms with Crippen molar-refractivity contribution in [2.45, 2.75) is 71.8 Å². The molecule has 0 amide bonds. The lowest BCUT2D eigenvalue weighted by Gasteiger charge is -2.52. The van der Waals surface area contributed by atoms with E-state index in [-0.39, 0.29) is 0 Å². The Labute approximate surface area is 151 Å². The molecule has 2 heterocycles. The van der Waals surface area contributed by atoms with Gasteiger partial charge >= 0.3 is 0 Å². The Hall–Kier alpha value is -0.120.